The third-order valence-electron chi connectivity index (χ3n) is 7.25. The van der Waals surface area contributed by atoms with Crippen molar-refractivity contribution >= 4 is 29.4 Å². The van der Waals surface area contributed by atoms with Gasteiger partial charge in [0.25, 0.3) is 0 Å². The molecule has 0 bridgehead atoms. The Morgan fingerprint density at radius 3 is 2.40 bits per heavy atom. The molecule has 1 fully saturated rings. The van der Waals surface area contributed by atoms with Gasteiger partial charge < -0.3 is 24.5 Å². The van der Waals surface area contributed by atoms with Crippen molar-refractivity contribution in [3.8, 4) is 5.75 Å². The van der Waals surface area contributed by atoms with Crippen molar-refractivity contribution in [3.05, 3.63) is 126 Å². The fourth-order valence-corrected chi connectivity index (χ4v) is 4.72. The first-order chi connectivity index (χ1) is 21.0. The minimum absolute atomic E-state index is 0.0819. The third-order valence-corrected chi connectivity index (χ3v) is 7.25. The summed E-state index contributed by atoms with van der Waals surface area (Å²) in [5, 5.41) is 13.0. The molecule has 0 saturated heterocycles. The summed E-state index contributed by atoms with van der Waals surface area (Å²) >= 11 is 0. The zero-order valence-electron chi connectivity index (χ0n) is 23.7. The van der Waals surface area contributed by atoms with Crippen LogP contribution in [0, 0.1) is 5.92 Å². The van der Waals surface area contributed by atoms with Crippen molar-refractivity contribution in [2.45, 2.75) is 25.3 Å². The highest BCUT2D eigenvalue weighted by atomic mass is 16.5. The fraction of sp³-hybridized carbons (Fsp3) is 0.229. The maximum atomic E-state index is 13.1. The summed E-state index contributed by atoms with van der Waals surface area (Å²) in [7, 11) is 0. The molecular weight excluding hydrogens is 544 g/mol. The van der Waals surface area contributed by atoms with E-state index >= 15 is 0 Å². The molecule has 4 aromatic rings. The number of carbonyl (C=O) groups is 3. The van der Waals surface area contributed by atoms with E-state index in [2.05, 4.69) is 5.32 Å². The summed E-state index contributed by atoms with van der Waals surface area (Å²) in [4.78, 5) is 39.8. The number of para-hydroxylation sites is 1. The Labute approximate surface area is 250 Å². The number of nitrogens with zero attached hydrogens (tertiary/aromatic N) is 1. The number of nitrogens with one attached hydrogen (secondary N) is 1. The molecule has 1 amide bonds. The third kappa shape index (κ3) is 8.45. The van der Waals surface area contributed by atoms with Gasteiger partial charge in [0.05, 0.1) is 12.8 Å². The Kier molecular flexibility index (Phi) is 9.69. The normalized spacial score (nSPS) is 13.4. The summed E-state index contributed by atoms with van der Waals surface area (Å²) < 4.78 is 11.2. The van der Waals surface area contributed by atoms with Gasteiger partial charge in [0.2, 0.25) is 5.91 Å². The number of carboxylic acids is 1. The average Bonchev–Trinajstić information content (AvgIpc) is 3.70. The van der Waals surface area contributed by atoms with E-state index in [9.17, 15) is 19.5 Å². The molecule has 1 aliphatic rings. The first kappa shape index (κ1) is 29.4. The summed E-state index contributed by atoms with van der Waals surface area (Å²) in [6.07, 6.45) is 7.23. The predicted molar refractivity (Wildman–Crippen MR) is 164 cm³/mol. The maximum absolute atomic E-state index is 13.1. The van der Waals surface area contributed by atoms with Crippen LogP contribution in [0.1, 0.15) is 40.1 Å². The molecule has 0 spiro atoms. The number of hydrogen-bond donors (Lipinski definition) is 2. The van der Waals surface area contributed by atoms with E-state index in [1.54, 1.807) is 90.0 Å². The molecule has 3 aromatic carbocycles. The van der Waals surface area contributed by atoms with Crippen molar-refractivity contribution in [2.24, 2.45) is 5.92 Å². The van der Waals surface area contributed by atoms with Crippen LogP contribution < -0.4 is 10.1 Å². The Bertz CT molecular complexity index is 1540. The van der Waals surface area contributed by atoms with Gasteiger partial charge in [-0.3, -0.25) is 9.59 Å². The summed E-state index contributed by atoms with van der Waals surface area (Å²) in [6.45, 7) is 1.48. The fourth-order valence-electron chi connectivity index (χ4n) is 4.72. The van der Waals surface area contributed by atoms with Crippen molar-refractivity contribution in [1.29, 1.82) is 0 Å². The number of rotatable bonds is 15. The highest BCUT2D eigenvalue weighted by Gasteiger charge is 2.26. The van der Waals surface area contributed by atoms with Crippen LogP contribution in [0.15, 0.2) is 108 Å². The first-order valence-corrected chi connectivity index (χ1v) is 14.4. The molecule has 8 nitrogen and oxygen atoms in total. The topological polar surface area (TPSA) is 109 Å². The number of furan rings is 1. The molecular formula is C35H34N2O6. The SMILES string of the molecule is O=C(c1ccccc1)c1ccccc1NC(Cc1ccc(OCCN(CC2CC2)C(=O)C=Cc2ccco2)cc1)C(=O)O. The van der Waals surface area contributed by atoms with Crippen LogP contribution >= 0.6 is 0 Å². The van der Waals surface area contributed by atoms with Crippen LogP contribution in [0.25, 0.3) is 6.08 Å². The summed E-state index contributed by atoms with van der Waals surface area (Å²) in [5.41, 5.74) is 2.21. The number of benzene rings is 3. The summed E-state index contributed by atoms with van der Waals surface area (Å²) in [6, 6.07) is 25.7. The molecule has 8 heteroatoms. The molecule has 5 rings (SSSR count). The lowest BCUT2D eigenvalue weighted by atomic mass is 10.00. The van der Waals surface area contributed by atoms with E-state index in [0.29, 0.717) is 53.9 Å². The van der Waals surface area contributed by atoms with E-state index in [-0.39, 0.29) is 18.1 Å². The van der Waals surface area contributed by atoms with Gasteiger partial charge in [-0.1, -0.05) is 54.6 Å². The zero-order valence-corrected chi connectivity index (χ0v) is 23.7. The molecule has 43 heavy (non-hydrogen) atoms. The molecule has 1 aromatic heterocycles. The smallest absolute Gasteiger partial charge is 0.326 e. The Hall–Kier alpha value is -5.11. The lowest BCUT2D eigenvalue weighted by molar-refractivity contribution is -0.137. The standard InChI is InChI=1S/C35H34N2O6/c38-33(19-18-28-9-6-21-42-28)37(24-26-12-13-26)20-22-43-29-16-14-25(15-17-29)23-32(35(40)41)36-31-11-5-4-10-30(31)34(39)27-7-2-1-3-8-27/h1-11,14-19,21,26,32,36H,12-13,20,22-24H2,(H,40,41). The van der Waals surface area contributed by atoms with Crippen LogP contribution in [-0.2, 0) is 16.0 Å². The first-order valence-electron chi connectivity index (χ1n) is 14.4. The molecule has 0 radical (unpaired) electrons. The van der Waals surface area contributed by atoms with Gasteiger partial charge in [0, 0.05) is 35.9 Å². The number of anilines is 1. The van der Waals surface area contributed by atoms with E-state index in [1.807, 2.05) is 18.2 Å². The quantitative estimate of drug-likeness (QED) is 0.133. The molecule has 1 saturated carbocycles. The number of carbonyl (C=O) groups excluding carboxylic acids is 2. The van der Waals surface area contributed by atoms with E-state index in [1.165, 1.54) is 6.08 Å². The number of carboxylic acid groups (broad SMARTS) is 1. The molecule has 1 atom stereocenters. The van der Waals surface area contributed by atoms with Crippen LogP contribution in [-0.4, -0.2) is 53.4 Å². The molecule has 220 valence electrons. The second-order valence-corrected chi connectivity index (χ2v) is 10.5. The molecule has 1 unspecified atom stereocenters. The lowest BCUT2D eigenvalue weighted by Gasteiger charge is -2.21. The van der Waals surface area contributed by atoms with Crippen molar-refractivity contribution < 1.29 is 28.6 Å². The second kappa shape index (κ2) is 14.2. The van der Waals surface area contributed by atoms with Gasteiger partial charge in [-0.15, -0.1) is 0 Å². The molecule has 1 aliphatic carbocycles. The largest absolute Gasteiger partial charge is 0.492 e. The predicted octanol–water partition coefficient (Wildman–Crippen LogP) is 5.95. The summed E-state index contributed by atoms with van der Waals surface area (Å²) in [5.74, 6) is 0.513. The van der Waals surface area contributed by atoms with Crippen LogP contribution in [0.2, 0.25) is 0 Å². The minimum Gasteiger partial charge on any atom is -0.492 e. The van der Waals surface area contributed by atoms with Crippen LogP contribution in [0.3, 0.4) is 0 Å². The van der Waals surface area contributed by atoms with E-state index in [4.69, 9.17) is 9.15 Å². The van der Waals surface area contributed by atoms with Gasteiger partial charge in [0.15, 0.2) is 5.78 Å². The van der Waals surface area contributed by atoms with Crippen molar-refractivity contribution in [1.82, 2.24) is 4.90 Å². The van der Waals surface area contributed by atoms with Crippen molar-refractivity contribution in [2.75, 3.05) is 25.0 Å². The number of aliphatic carboxylic acids is 1. The zero-order chi connectivity index (χ0) is 30.0. The number of ketones is 1. The van der Waals surface area contributed by atoms with Gasteiger partial charge in [-0.05, 0) is 66.8 Å². The monoisotopic (exact) mass is 578 g/mol. The van der Waals surface area contributed by atoms with Gasteiger partial charge in [-0.2, -0.15) is 0 Å². The Morgan fingerprint density at radius 1 is 0.953 bits per heavy atom. The minimum atomic E-state index is -1.02. The van der Waals surface area contributed by atoms with Gasteiger partial charge in [-0.25, -0.2) is 4.79 Å². The number of hydrogen-bond acceptors (Lipinski definition) is 6. The average molecular weight is 579 g/mol. The Morgan fingerprint density at radius 2 is 1.70 bits per heavy atom. The van der Waals surface area contributed by atoms with Crippen LogP contribution in [0.4, 0.5) is 5.69 Å². The highest BCUT2D eigenvalue weighted by Crippen LogP contribution is 2.30. The molecule has 1 heterocycles. The second-order valence-electron chi connectivity index (χ2n) is 10.5. The van der Waals surface area contributed by atoms with E-state index in [0.717, 1.165) is 18.4 Å². The highest BCUT2D eigenvalue weighted by molar-refractivity contribution is 6.12. The van der Waals surface area contributed by atoms with Crippen molar-refractivity contribution in [3.63, 3.8) is 0 Å². The Balaban J connectivity index is 1.17. The maximum Gasteiger partial charge on any atom is 0.326 e. The number of ether oxygens (including phenoxy) is 1. The van der Waals surface area contributed by atoms with Gasteiger partial charge in [0.1, 0.15) is 24.2 Å². The number of amides is 1. The van der Waals surface area contributed by atoms with Crippen LogP contribution in [0.5, 0.6) is 5.75 Å². The van der Waals surface area contributed by atoms with Gasteiger partial charge >= 0.3 is 5.97 Å². The molecule has 2 N–H and O–H groups in total. The lowest BCUT2D eigenvalue weighted by Crippen LogP contribution is -2.35. The molecule has 0 aliphatic heterocycles. The van der Waals surface area contributed by atoms with E-state index < -0.39 is 12.0 Å².